The zero-order valence-corrected chi connectivity index (χ0v) is 21.2. The van der Waals surface area contributed by atoms with Gasteiger partial charge >= 0.3 is 0 Å². The highest BCUT2D eigenvalue weighted by molar-refractivity contribution is 5.31. The van der Waals surface area contributed by atoms with Gasteiger partial charge in [-0.15, -0.1) is 0 Å². The van der Waals surface area contributed by atoms with Gasteiger partial charge in [-0.25, -0.2) is 8.78 Å². The molecule has 2 aromatic rings. The zero-order valence-electron chi connectivity index (χ0n) is 21.2. The van der Waals surface area contributed by atoms with E-state index in [1.54, 1.807) is 6.07 Å². The Morgan fingerprint density at radius 3 is 1.59 bits per heavy atom. The van der Waals surface area contributed by atoms with Crippen molar-refractivity contribution in [3.8, 4) is 0 Å². The van der Waals surface area contributed by atoms with Gasteiger partial charge in [-0.05, 0) is 141 Å². The normalized spacial score (nSPS) is 32.5. The van der Waals surface area contributed by atoms with E-state index in [0.29, 0.717) is 23.3 Å². The summed E-state index contributed by atoms with van der Waals surface area (Å²) in [7, 11) is 0. The maximum absolute atomic E-state index is 15.3. The van der Waals surface area contributed by atoms with Crippen molar-refractivity contribution in [1.29, 1.82) is 0 Å². The molecule has 0 bridgehead atoms. The lowest BCUT2D eigenvalue weighted by Gasteiger charge is -2.37. The fourth-order valence-corrected chi connectivity index (χ4v) is 7.41. The molecule has 0 unspecified atom stereocenters. The fourth-order valence-electron chi connectivity index (χ4n) is 7.41. The second kappa shape index (κ2) is 10.5. The van der Waals surface area contributed by atoms with Crippen LogP contribution in [0.15, 0.2) is 36.4 Å². The molecule has 0 saturated heterocycles. The van der Waals surface area contributed by atoms with Crippen LogP contribution in [0.4, 0.5) is 8.78 Å². The van der Waals surface area contributed by atoms with E-state index >= 15 is 4.39 Å². The minimum Gasteiger partial charge on any atom is -0.207 e. The molecule has 0 radical (unpaired) electrons. The van der Waals surface area contributed by atoms with Crippen LogP contribution < -0.4 is 0 Å². The molecule has 184 valence electrons. The molecule has 0 heterocycles. The number of hydrogen-bond donors (Lipinski definition) is 0. The third-order valence-electron chi connectivity index (χ3n) is 9.83. The van der Waals surface area contributed by atoms with E-state index in [-0.39, 0.29) is 11.6 Å². The smallest absolute Gasteiger partial charge is 0.126 e. The maximum atomic E-state index is 15.3. The van der Waals surface area contributed by atoms with E-state index in [2.05, 4.69) is 25.1 Å². The van der Waals surface area contributed by atoms with Crippen molar-refractivity contribution in [3.63, 3.8) is 0 Å². The van der Waals surface area contributed by atoms with Gasteiger partial charge in [0.25, 0.3) is 0 Å². The number of benzene rings is 2. The van der Waals surface area contributed by atoms with Gasteiger partial charge in [0.05, 0.1) is 0 Å². The largest absolute Gasteiger partial charge is 0.207 e. The maximum Gasteiger partial charge on any atom is 0.126 e. The highest BCUT2D eigenvalue weighted by Crippen LogP contribution is 2.45. The quantitative estimate of drug-likeness (QED) is 0.422. The molecule has 0 amide bonds. The van der Waals surface area contributed by atoms with Crippen molar-refractivity contribution < 1.29 is 8.78 Å². The van der Waals surface area contributed by atoms with Crippen LogP contribution in [0.2, 0.25) is 0 Å². The fraction of sp³-hybridized carbons (Fsp3) is 0.625. The van der Waals surface area contributed by atoms with Gasteiger partial charge in [0.2, 0.25) is 0 Å². The summed E-state index contributed by atoms with van der Waals surface area (Å²) >= 11 is 0. The van der Waals surface area contributed by atoms with Crippen molar-refractivity contribution in [2.24, 2.45) is 17.8 Å². The van der Waals surface area contributed by atoms with E-state index in [1.165, 1.54) is 56.9 Å². The average Bonchev–Trinajstić information content (AvgIpc) is 2.86. The van der Waals surface area contributed by atoms with Gasteiger partial charge in [-0.3, -0.25) is 0 Å². The Kier molecular flexibility index (Phi) is 7.42. The van der Waals surface area contributed by atoms with Crippen LogP contribution in [-0.2, 0) is 0 Å². The molecule has 3 fully saturated rings. The van der Waals surface area contributed by atoms with Gasteiger partial charge < -0.3 is 0 Å². The Bertz CT molecular complexity index is 955. The third kappa shape index (κ3) is 5.26. The Labute approximate surface area is 205 Å². The lowest BCUT2D eigenvalue weighted by molar-refractivity contribution is 0.165. The summed E-state index contributed by atoms with van der Waals surface area (Å²) < 4.78 is 29.3. The van der Waals surface area contributed by atoms with Crippen LogP contribution in [-0.4, -0.2) is 0 Å². The molecule has 2 heteroatoms. The van der Waals surface area contributed by atoms with E-state index in [0.717, 1.165) is 54.6 Å². The molecule has 0 aromatic heterocycles. The van der Waals surface area contributed by atoms with Crippen LogP contribution >= 0.6 is 0 Å². The average molecular weight is 465 g/mol. The summed E-state index contributed by atoms with van der Waals surface area (Å²) in [6, 6.07) is 11.9. The van der Waals surface area contributed by atoms with Crippen LogP contribution in [0.1, 0.15) is 124 Å². The lowest BCUT2D eigenvalue weighted by Crippen LogP contribution is -2.24. The lowest BCUT2D eigenvalue weighted by atomic mass is 9.68. The molecule has 0 atom stereocenters. The number of aryl methyl sites for hydroxylation is 1. The van der Waals surface area contributed by atoms with Crippen LogP contribution in [0.3, 0.4) is 0 Å². The van der Waals surface area contributed by atoms with Crippen LogP contribution in [0.25, 0.3) is 0 Å². The number of halogens is 2. The Morgan fingerprint density at radius 1 is 0.559 bits per heavy atom. The molecular formula is C32H42F2. The molecule has 0 aliphatic heterocycles. The number of hydrogen-bond acceptors (Lipinski definition) is 0. The summed E-state index contributed by atoms with van der Waals surface area (Å²) in [6.45, 7) is 4.22. The standard InChI is InChI=1S/C32H42F2/c1-21-3-6-23(7-4-21)24-9-11-25(12-10-24)29-17-18-30(32(34)20-29)27-15-13-26(14-16-27)28-8-5-22(2)31(33)19-28/h5,8,17-21,23-27H,3-4,6-7,9-16H2,1-2H3. The van der Waals surface area contributed by atoms with Gasteiger partial charge in [-0.1, -0.05) is 44.0 Å². The first-order valence-electron chi connectivity index (χ1n) is 14.0. The molecular weight excluding hydrogens is 422 g/mol. The van der Waals surface area contributed by atoms with Crippen molar-refractivity contribution in [1.82, 2.24) is 0 Å². The van der Waals surface area contributed by atoms with Gasteiger partial charge in [0, 0.05) is 0 Å². The van der Waals surface area contributed by atoms with Crippen molar-refractivity contribution in [2.75, 3.05) is 0 Å². The molecule has 0 spiro atoms. The van der Waals surface area contributed by atoms with E-state index in [9.17, 15) is 4.39 Å². The summed E-state index contributed by atoms with van der Waals surface area (Å²) in [4.78, 5) is 0. The van der Waals surface area contributed by atoms with E-state index in [1.807, 2.05) is 19.1 Å². The molecule has 0 N–H and O–H groups in total. The minimum absolute atomic E-state index is 0.00530. The molecule has 3 saturated carbocycles. The topological polar surface area (TPSA) is 0 Å². The number of rotatable bonds is 4. The summed E-state index contributed by atoms with van der Waals surface area (Å²) in [5, 5.41) is 0. The van der Waals surface area contributed by atoms with Crippen LogP contribution in [0.5, 0.6) is 0 Å². The molecule has 3 aliphatic rings. The Morgan fingerprint density at radius 2 is 1.03 bits per heavy atom. The van der Waals surface area contributed by atoms with Crippen molar-refractivity contribution in [2.45, 2.75) is 109 Å². The summed E-state index contributed by atoms with van der Waals surface area (Å²) in [6.07, 6.45) is 14.8. The highest BCUT2D eigenvalue weighted by Gasteiger charge is 2.31. The van der Waals surface area contributed by atoms with Crippen molar-refractivity contribution in [3.05, 3.63) is 70.3 Å². The minimum atomic E-state index is -0.108. The SMILES string of the molecule is Cc1ccc(C2CCC(c3ccc(C4CCC(C5CCC(C)CC5)CC4)cc3F)CC2)cc1F. The second-order valence-corrected chi connectivity index (χ2v) is 12.0. The third-order valence-corrected chi connectivity index (χ3v) is 9.83. The van der Waals surface area contributed by atoms with Crippen LogP contribution in [0, 0.1) is 36.3 Å². The molecule has 0 nitrogen and oxygen atoms in total. The predicted molar refractivity (Wildman–Crippen MR) is 137 cm³/mol. The van der Waals surface area contributed by atoms with Gasteiger partial charge in [0.1, 0.15) is 11.6 Å². The van der Waals surface area contributed by atoms with E-state index in [4.69, 9.17) is 0 Å². The summed E-state index contributed by atoms with van der Waals surface area (Å²) in [5.74, 6) is 3.91. The second-order valence-electron chi connectivity index (χ2n) is 12.0. The first kappa shape index (κ1) is 24.0. The van der Waals surface area contributed by atoms with E-state index < -0.39 is 0 Å². The Hall–Kier alpha value is -1.70. The molecule has 2 aromatic carbocycles. The van der Waals surface area contributed by atoms with Crippen molar-refractivity contribution >= 4 is 0 Å². The molecule has 5 rings (SSSR count). The zero-order chi connectivity index (χ0) is 23.7. The molecule has 34 heavy (non-hydrogen) atoms. The van der Waals surface area contributed by atoms with Gasteiger partial charge in [-0.2, -0.15) is 0 Å². The Balaban J connectivity index is 1.16. The predicted octanol–water partition coefficient (Wildman–Crippen LogP) is 9.81. The summed E-state index contributed by atoms with van der Waals surface area (Å²) in [5.41, 5.74) is 3.94. The highest BCUT2D eigenvalue weighted by atomic mass is 19.1. The molecule has 3 aliphatic carbocycles. The first-order chi connectivity index (χ1) is 16.5. The first-order valence-corrected chi connectivity index (χ1v) is 14.0. The monoisotopic (exact) mass is 464 g/mol. The van der Waals surface area contributed by atoms with Gasteiger partial charge in [0.15, 0.2) is 0 Å².